The van der Waals surface area contributed by atoms with E-state index in [1.54, 1.807) is 30.5 Å². The molecule has 0 bridgehead atoms. The second-order valence-corrected chi connectivity index (χ2v) is 6.93. The van der Waals surface area contributed by atoms with Gasteiger partial charge in [-0.1, -0.05) is 23.5 Å². The van der Waals surface area contributed by atoms with Gasteiger partial charge in [0.1, 0.15) is 0 Å². The fraction of sp³-hybridized carbons (Fsp3) is 0.0500. The van der Waals surface area contributed by atoms with Crippen molar-refractivity contribution in [3.8, 4) is 28.8 Å². The zero-order valence-electron chi connectivity index (χ0n) is 14.5. The van der Waals surface area contributed by atoms with Gasteiger partial charge >= 0.3 is 0 Å². The molecule has 0 aliphatic carbocycles. The van der Waals surface area contributed by atoms with Crippen molar-refractivity contribution in [2.24, 2.45) is 0 Å². The summed E-state index contributed by atoms with van der Waals surface area (Å²) in [5.41, 5.74) is 1.82. The van der Waals surface area contributed by atoms with E-state index < -0.39 is 11.6 Å². The Morgan fingerprint density at radius 3 is 2.93 bits per heavy atom. The second kappa shape index (κ2) is 6.79. The number of phenols is 1. The number of fused-ring (bicyclic) bond motifs is 1. The van der Waals surface area contributed by atoms with Gasteiger partial charge in [0.25, 0.3) is 5.56 Å². The number of nitriles is 1. The van der Waals surface area contributed by atoms with E-state index >= 15 is 0 Å². The molecule has 0 saturated carbocycles. The molecule has 4 rings (SSSR count). The number of nitrogens with zero attached hydrogens (tertiary/aromatic N) is 3. The van der Waals surface area contributed by atoms with Crippen LogP contribution in [-0.2, 0) is 0 Å². The third-order valence-electron chi connectivity index (χ3n) is 4.20. The Kier molecular flexibility index (Phi) is 4.29. The van der Waals surface area contributed by atoms with E-state index in [2.05, 4.69) is 11.1 Å². The molecule has 2 aromatic heterocycles. The van der Waals surface area contributed by atoms with Crippen molar-refractivity contribution >= 4 is 22.4 Å². The number of aromatic nitrogens is 2. The highest BCUT2D eigenvalue weighted by atomic mass is 32.1. The normalized spacial score (nSPS) is 11.7. The fourth-order valence-electron chi connectivity index (χ4n) is 2.88. The van der Waals surface area contributed by atoms with Crippen LogP contribution in [0.25, 0.3) is 22.3 Å². The number of ether oxygens (including phenoxy) is 1. The van der Waals surface area contributed by atoms with Crippen LogP contribution in [0.5, 0.6) is 11.5 Å². The molecule has 2 heterocycles. The van der Waals surface area contributed by atoms with Crippen molar-refractivity contribution in [3.05, 3.63) is 74.4 Å². The molecule has 0 aliphatic rings. The largest absolute Gasteiger partial charge is 0.502 e. The molecule has 0 spiro atoms. The molecule has 138 valence electrons. The molecule has 28 heavy (non-hydrogen) atoms. The van der Waals surface area contributed by atoms with E-state index in [1.807, 2.05) is 0 Å². The monoisotopic (exact) mass is 393 g/mol. The molecule has 0 atom stereocenters. The van der Waals surface area contributed by atoms with Gasteiger partial charge in [-0.15, -0.1) is 0 Å². The number of rotatable bonds is 3. The summed E-state index contributed by atoms with van der Waals surface area (Å²) in [6, 6.07) is 11.5. The lowest BCUT2D eigenvalue weighted by atomic mass is 10.1. The van der Waals surface area contributed by atoms with Gasteiger partial charge < -0.3 is 9.84 Å². The number of halogens is 1. The minimum absolute atomic E-state index is 0.0194. The molecule has 4 aromatic rings. The van der Waals surface area contributed by atoms with Crippen LogP contribution in [0.4, 0.5) is 4.39 Å². The van der Waals surface area contributed by atoms with Gasteiger partial charge in [-0.2, -0.15) is 5.26 Å². The zero-order chi connectivity index (χ0) is 19.8. The fourth-order valence-corrected chi connectivity index (χ4v) is 3.83. The Labute approximate surface area is 162 Å². The molecule has 8 heteroatoms. The number of methoxy groups -OCH3 is 1. The van der Waals surface area contributed by atoms with Crippen LogP contribution in [0.1, 0.15) is 11.1 Å². The van der Waals surface area contributed by atoms with Crippen molar-refractivity contribution in [1.82, 2.24) is 9.38 Å². The predicted molar refractivity (Wildman–Crippen MR) is 103 cm³/mol. The molecule has 0 aliphatic heterocycles. The lowest BCUT2D eigenvalue weighted by Crippen LogP contribution is -2.23. The van der Waals surface area contributed by atoms with Crippen molar-refractivity contribution in [1.29, 1.82) is 5.26 Å². The number of hydrogen-bond donors (Lipinski definition) is 1. The summed E-state index contributed by atoms with van der Waals surface area (Å²) in [4.78, 5) is 17.7. The van der Waals surface area contributed by atoms with E-state index in [0.29, 0.717) is 31.9 Å². The summed E-state index contributed by atoms with van der Waals surface area (Å²) in [6.07, 6.45) is 3.10. The average Bonchev–Trinajstić information content (AvgIpc) is 3.25. The van der Waals surface area contributed by atoms with Crippen molar-refractivity contribution in [2.75, 3.05) is 7.11 Å². The first-order valence-electron chi connectivity index (χ1n) is 8.11. The Hall–Kier alpha value is -3.70. The van der Waals surface area contributed by atoms with Gasteiger partial charge in [0.15, 0.2) is 22.3 Å². The number of benzene rings is 2. The first kappa shape index (κ1) is 17.7. The van der Waals surface area contributed by atoms with Gasteiger partial charge in [-0.3, -0.25) is 4.79 Å². The summed E-state index contributed by atoms with van der Waals surface area (Å²) in [6.45, 7) is 0. The molecule has 1 N–H and O–H groups in total. The van der Waals surface area contributed by atoms with Gasteiger partial charge in [0.2, 0.25) is 0 Å². The number of hydrogen-bond acceptors (Lipinski definition) is 6. The van der Waals surface area contributed by atoms with Crippen LogP contribution < -0.4 is 14.8 Å². The zero-order valence-corrected chi connectivity index (χ0v) is 15.3. The number of phenolic OH excluding ortho intramolecular Hbond substituents is 1. The van der Waals surface area contributed by atoms with Crippen LogP contribution in [0.3, 0.4) is 0 Å². The standard InChI is InChI=1S/C20H12FN3O3S/c1-27-16-7-12(6-14(21)18(16)25)8-17-19(26)24-15(10-23-20(24)28-17)13-4-2-3-11(5-13)9-22/h2-8,10,25H,1H3. The lowest BCUT2D eigenvalue weighted by Gasteiger charge is -2.04. The number of thiazole rings is 1. The molecular formula is C20H12FN3O3S. The SMILES string of the molecule is COc1cc(C=c2sc3ncc(-c4cccc(C#N)c4)n3c2=O)cc(F)c1O. The molecule has 0 saturated heterocycles. The Morgan fingerprint density at radius 2 is 2.18 bits per heavy atom. The van der Waals surface area contributed by atoms with E-state index in [1.165, 1.54) is 23.7 Å². The maximum atomic E-state index is 13.9. The highest BCUT2D eigenvalue weighted by Crippen LogP contribution is 2.30. The Morgan fingerprint density at radius 1 is 1.36 bits per heavy atom. The van der Waals surface area contributed by atoms with Crippen LogP contribution in [0.15, 0.2) is 47.4 Å². The maximum absolute atomic E-state index is 13.9. The van der Waals surface area contributed by atoms with Gasteiger partial charge in [0, 0.05) is 5.56 Å². The van der Waals surface area contributed by atoms with E-state index in [-0.39, 0.29) is 11.3 Å². The molecule has 0 unspecified atom stereocenters. The molecule has 0 fully saturated rings. The van der Waals surface area contributed by atoms with Crippen molar-refractivity contribution in [2.45, 2.75) is 0 Å². The van der Waals surface area contributed by atoms with Crippen molar-refractivity contribution in [3.63, 3.8) is 0 Å². The Bertz CT molecular complexity index is 1370. The summed E-state index contributed by atoms with van der Waals surface area (Å²) in [5, 5.41) is 18.7. The van der Waals surface area contributed by atoms with Crippen LogP contribution in [0, 0.1) is 17.1 Å². The first-order chi connectivity index (χ1) is 13.5. The van der Waals surface area contributed by atoms with Gasteiger partial charge in [-0.25, -0.2) is 13.8 Å². The minimum Gasteiger partial charge on any atom is -0.502 e. The maximum Gasteiger partial charge on any atom is 0.274 e. The summed E-state index contributed by atoms with van der Waals surface area (Å²) >= 11 is 1.16. The third kappa shape index (κ3) is 2.88. The Balaban J connectivity index is 1.90. The number of imidazole rings is 1. The third-order valence-corrected chi connectivity index (χ3v) is 5.18. The number of aromatic hydroxyl groups is 1. The first-order valence-corrected chi connectivity index (χ1v) is 8.92. The molecular weight excluding hydrogens is 381 g/mol. The minimum atomic E-state index is -0.839. The topological polar surface area (TPSA) is 87.6 Å². The molecule has 2 aromatic carbocycles. The lowest BCUT2D eigenvalue weighted by molar-refractivity contribution is 0.357. The highest BCUT2D eigenvalue weighted by molar-refractivity contribution is 7.15. The van der Waals surface area contributed by atoms with Crippen LogP contribution in [-0.4, -0.2) is 21.6 Å². The van der Waals surface area contributed by atoms with E-state index in [4.69, 9.17) is 10.00 Å². The summed E-state index contributed by atoms with van der Waals surface area (Å²) in [5.74, 6) is -1.44. The quantitative estimate of drug-likeness (QED) is 0.578. The second-order valence-electron chi connectivity index (χ2n) is 5.92. The summed E-state index contributed by atoms with van der Waals surface area (Å²) < 4.78 is 20.6. The average molecular weight is 393 g/mol. The van der Waals surface area contributed by atoms with Crippen molar-refractivity contribution < 1.29 is 14.2 Å². The van der Waals surface area contributed by atoms with E-state index in [0.717, 1.165) is 17.4 Å². The van der Waals surface area contributed by atoms with Gasteiger partial charge in [-0.05, 0) is 35.9 Å². The van der Waals surface area contributed by atoms with Crippen LogP contribution >= 0.6 is 11.3 Å². The smallest absolute Gasteiger partial charge is 0.274 e. The van der Waals surface area contributed by atoms with Gasteiger partial charge in [0.05, 0.1) is 35.2 Å². The molecule has 0 radical (unpaired) electrons. The molecule has 0 amide bonds. The highest BCUT2D eigenvalue weighted by Gasteiger charge is 2.14. The predicted octanol–water partition coefficient (Wildman–Crippen LogP) is 2.70. The van der Waals surface area contributed by atoms with E-state index in [9.17, 15) is 14.3 Å². The van der Waals surface area contributed by atoms with Crippen LogP contribution in [0.2, 0.25) is 0 Å². The molecule has 6 nitrogen and oxygen atoms in total. The summed E-state index contributed by atoms with van der Waals surface area (Å²) in [7, 11) is 1.32.